The zero-order chi connectivity index (χ0) is 28.1. The summed E-state index contributed by atoms with van der Waals surface area (Å²) < 4.78 is 3.87. The van der Waals surface area contributed by atoms with E-state index in [0.717, 1.165) is 56.6 Å². The highest BCUT2D eigenvalue weighted by atomic mass is 15.4. The van der Waals surface area contributed by atoms with E-state index in [1.165, 1.54) is 22.8 Å². The predicted molar refractivity (Wildman–Crippen MR) is 157 cm³/mol. The van der Waals surface area contributed by atoms with Crippen molar-refractivity contribution in [2.45, 2.75) is 69.9 Å². The molecule has 0 atom stereocenters. The Kier molecular flexibility index (Phi) is 7.45. The van der Waals surface area contributed by atoms with Crippen LogP contribution in [0.5, 0.6) is 0 Å². The number of nitrogens with one attached hydrogen (secondary N) is 4. The summed E-state index contributed by atoms with van der Waals surface area (Å²) in [6.45, 7) is 6.10. The molecule has 6 aromatic heterocycles. The summed E-state index contributed by atoms with van der Waals surface area (Å²) in [5, 5.41) is 17.7. The van der Waals surface area contributed by atoms with Crippen LogP contribution in [0.3, 0.4) is 0 Å². The lowest BCUT2D eigenvalue weighted by Crippen LogP contribution is -2.25. The molecule has 6 rings (SSSR count). The Morgan fingerprint density at radius 1 is 0.585 bits per heavy atom. The molecule has 0 aliphatic carbocycles. The first-order valence-electron chi connectivity index (χ1n) is 14.4. The van der Waals surface area contributed by atoms with E-state index in [0.29, 0.717) is 0 Å². The lowest BCUT2D eigenvalue weighted by Gasteiger charge is -2.27. The van der Waals surface area contributed by atoms with Crippen LogP contribution in [-0.2, 0) is 36.8 Å². The van der Waals surface area contributed by atoms with Crippen LogP contribution < -0.4 is 0 Å². The Labute approximate surface area is 239 Å². The van der Waals surface area contributed by atoms with Crippen molar-refractivity contribution in [2.24, 2.45) is 0 Å². The fraction of sp³-hybridized carbons (Fsp3) is 0.355. The Balaban J connectivity index is 1.00. The molecule has 0 saturated heterocycles. The minimum absolute atomic E-state index is 0.151. The maximum Gasteiger partial charge on any atom is 0.0827 e. The highest BCUT2D eigenvalue weighted by Crippen LogP contribution is 2.35. The number of H-pyrrole nitrogens is 4. The van der Waals surface area contributed by atoms with Gasteiger partial charge in [0.15, 0.2) is 0 Å². The topological polar surface area (TPSA) is 125 Å². The van der Waals surface area contributed by atoms with Crippen molar-refractivity contribution in [3.8, 4) is 0 Å². The van der Waals surface area contributed by atoms with Crippen molar-refractivity contribution >= 4 is 0 Å². The van der Waals surface area contributed by atoms with Gasteiger partial charge in [-0.1, -0.05) is 10.4 Å². The number of aromatic nitrogens is 10. The molecule has 41 heavy (non-hydrogen) atoms. The molecular formula is C31H38N10. The van der Waals surface area contributed by atoms with Crippen molar-refractivity contribution < 1.29 is 0 Å². The van der Waals surface area contributed by atoms with Gasteiger partial charge in [-0.15, -0.1) is 10.2 Å². The number of aryl methyl sites for hydroxylation is 4. The summed E-state index contributed by atoms with van der Waals surface area (Å²) in [6.07, 6.45) is 16.5. The van der Waals surface area contributed by atoms with E-state index in [1.54, 1.807) is 0 Å². The molecule has 0 radical (unpaired) electrons. The normalized spacial score (nSPS) is 12.3. The second-order valence-electron chi connectivity index (χ2n) is 11.3. The SMILES string of the molecule is CC(CCc1cn(CCCn2cc(CCC(C)(c3ccc[nH]3)c3ccc[nH]3)nn2)nn1)(c1ccc[nH]1)c1ccc[nH]1. The van der Waals surface area contributed by atoms with Crippen LogP contribution in [0.1, 0.15) is 67.3 Å². The fourth-order valence-electron chi connectivity index (χ4n) is 5.80. The van der Waals surface area contributed by atoms with Crippen LogP contribution in [0.15, 0.2) is 85.7 Å². The molecule has 212 valence electrons. The number of rotatable bonds is 14. The van der Waals surface area contributed by atoms with Crippen molar-refractivity contribution in [3.63, 3.8) is 0 Å². The van der Waals surface area contributed by atoms with Gasteiger partial charge in [-0.2, -0.15) is 0 Å². The third-order valence-corrected chi connectivity index (χ3v) is 8.48. The van der Waals surface area contributed by atoms with Gasteiger partial charge in [0.1, 0.15) is 0 Å². The summed E-state index contributed by atoms with van der Waals surface area (Å²) in [5.41, 5.74) is 6.48. The molecule has 10 heteroatoms. The molecule has 6 heterocycles. The monoisotopic (exact) mass is 550 g/mol. The first-order valence-corrected chi connectivity index (χ1v) is 14.4. The van der Waals surface area contributed by atoms with Crippen LogP contribution in [0.2, 0.25) is 0 Å². The van der Waals surface area contributed by atoms with Gasteiger partial charge in [0.25, 0.3) is 0 Å². The average Bonchev–Trinajstić information content (AvgIpc) is 3.82. The number of aromatic amines is 4. The summed E-state index contributed by atoms with van der Waals surface area (Å²) in [6, 6.07) is 16.8. The van der Waals surface area contributed by atoms with E-state index in [-0.39, 0.29) is 10.8 Å². The van der Waals surface area contributed by atoms with E-state index < -0.39 is 0 Å². The van der Waals surface area contributed by atoms with Gasteiger partial charge in [-0.25, -0.2) is 0 Å². The summed E-state index contributed by atoms with van der Waals surface area (Å²) in [5.74, 6) is 0. The molecule has 6 aromatic rings. The van der Waals surface area contributed by atoms with Crippen molar-refractivity contribution in [2.75, 3.05) is 0 Å². The molecule has 0 bridgehead atoms. The van der Waals surface area contributed by atoms with E-state index in [2.05, 4.69) is 115 Å². The largest absolute Gasteiger partial charge is 0.364 e. The molecule has 0 fully saturated rings. The maximum atomic E-state index is 4.45. The van der Waals surface area contributed by atoms with Gasteiger partial charge in [-0.05, 0) is 94.5 Å². The second-order valence-corrected chi connectivity index (χ2v) is 11.3. The Morgan fingerprint density at radius 2 is 0.951 bits per heavy atom. The summed E-state index contributed by atoms with van der Waals surface area (Å²) >= 11 is 0. The van der Waals surface area contributed by atoms with Gasteiger partial charge < -0.3 is 19.9 Å². The van der Waals surface area contributed by atoms with Crippen LogP contribution in [0.25, 0.3) is 0 Å². The van der Waals surface area contributed by atoms with E-state index in [1.807, 2.05) is 34.2 Å². The van der Waals surface area contributed by atoms with Crippen molar-refractivity contribution in [1.82, 2.24) is 49.9 Å². The standard InChI is InChI=1S/C31H38N10/c1-30(26-8-3-16-32-26,27-9-4-17-33-27)14-12-24-22-40(38-36-24)20-7-21-41-23-25(37-39-41)13-15-31(2,28-10-5-18-34-28)29-11-6-19-35-29/h3-6,8-11,16-19,22-23,32-35H,7,12-15,20-21H2,1-2H3. The van der Waals surface area contributed by atoms with Crippen molar-refractivity contribution in [1.29, 1.82) is 0 Å². The molecule has 0 spiro atoms. The van der Waals surface area contributed by atoms with Crippen LogP contribution >= 0.6 is 0 Å². The molecule has 0 aromatic carbocycles. The lowest BCUT2D eigenvalue weighted by atomic mass is 9.79. The van der Waals surface area contributed by atoms with Gasteiger partial charge >= 0.3 is 0 Å². The van der Waals surface area contributed by atoms with Crippen LogP contribution in [0.4, 0.5) is 0 Å². The molecule has 10 nitrogen and oxygen atoms in total. The molecule has 0 saturated carbocycles. The fourth-order valence-corrected chi connectivity index (χ4v) is 5.80. The van der Waals surface area contributed by atoms with Gasteiger partial charge in [0, 0.05) is 83.9 Å². The predicted octanol–water partition coefficient (Wildman–Crippen LogP) is 5.15. The third kappa shape index (κ3) is 5.68. The molecule has 0 aliphatic rings. The second kappa shape index (κ2) is 11.5. The molecule has 0 aliphatic heterocycles. The maximum absolute atomic E-state index is 4.45. The lowest BCUT2D eigenvalue weighted by molar-refractivity contribution is 0.484. The number of hydrogen-bond donors (Lipinski definition) is 4. The van der Waals surface area contributed by atoms with Gasteiger partial charge in [0.2, 0.25) is 0 Å². The summed E-state index contributed by atoms with van der Waals surface area (Å²) in [4.78, 5) is 13.6. The van der Waals surface area contributed by atoms with Crippen LogP contribution in [0, 0.1) is 0 Å². The molecular weight excluding hydrogens is 512 g/mol. The Bertz CT molecular complexity index is 1400. The minimum atomic E-state index is -0.151. The third-order valence-electron chi connectivity index (χ3n) is 8.48. The highest BCUT2D eigenvalue weighted by molar-refractivity contribution is 5.32. The Hall–Kier alpha value is -4.60. The molecule has 0 amide bonds. The Morgan fingerprint density at radius 3 is 1.27 bits per heavy atom. The quantitative estimate of drug-likeness (QED) is 0.150. The number of hydrogen-bond acceptors (Lipinski definition) is 4. The highest BCUT2D eigenvalue weighted by Gasteiger charge is 2.32. The first-order chi connectivity index (χ1) is 20.0. The van der Waals surface area contributed by atoms with Gasteiger partial charge in [-0.3, -0.25) is 9.36 Å². The number of nitrogens with zero attached hydrogens (tertiary/aromatic N) is 6. The van der Waals surface area contributed by atoms with E-state index >= 15 is 0 Å². The van der Waals surface area contributed by atoms with Crippen LogP contribution in [-0.4, -0.2) is 49.9 Å². The zero-order valence-corrected chi connectivity index (χ0v) is 23.7. The smallest absolute Gasteiger partial charge is 0.0827 e. The first kappa shape index (κ1) is 26.6. The van der Waals surface area contributed by atoms with E-state index in [4.69, 9.17) is 0 Å². The molecule has 0 unspecified atom stereocenters. The zero-order valence-electron chi connectivity index (χ0n) is 23.7. The average molecular weight is 551 g/mol. The van der Waals surface area contributed by atoms with Gasteiger partial charge in [0.05, 0.1) is 11.4 Å². The minimum Gasteiger partial charge on any atom is -0.364 e. The van der Waals surface area contributed by atoms with E-state index in [9.17, 15) is 0 Å². The summed E-state index contributed by atoms with van der Waals surface area (Å²) in [7, 11) is 0. The molecule has 4 N–H and O–H groups in total. The van der Waals surface area contributed by atoms with Crippen molar-refractivity contribution in [3.05, 3.63) is 120 Å².